The Kier molecular flexibility index (Phi) is 7.44. The van der Waals surface area contributed by atoms with E-state index in [1.165, 1.54) is 5.56 Å². The van der Waals surface area contributed by atoms with Crippen molar-refractivity contribution in [2.45, 2.75) is 25.5 Å². The van der Waals surface area contributed by atoms with Gasteiger partial charge in [-0.15, -0.1) is 12.4 Å². The zero-order chi connectivity index (χ0) is 16.8. The van der Waals surface area contributed by atoms with Crippen LogP contribution in [0.5, 0.6) is 0 Å². The van der Waals surface area contributed by atoms with Gasteiger partial charge in [0.2, 0.25) is 5.91 Å². The third-order valence-corrected chi connectivity index (χ3v) is 4.39. The van der Waals surface area contributed by atoms with Crippen molar-refractivity contribution in [2.24, 2.45) is 5.92 Å². The molecule has 2 N–H and O–H groups in total. The van der Waals surface area contributed by atoms with Gasteiger partial charge in [-0.1, -0.05) is 42.5 Å². The molecule has 0 radical (unpaired) electrons. The average Bonchev–Trinajstić information content (AvgIpc) is 2.64. The molecule has 2 aromatic carbocycles. The normalized spacial score (nSPS) is 19.7. The number of halogens is 1. The van der Waals surface area contributed by atoms with Crippen LogP contribution in [-0.4, -0.2) is 19.6 Å². The molecule has 134 valence electrons. The van der Waals surface area contributed by atoms with Crippen LogP contribution in [-0.2, 0) is 16.1 Å². The van der Waals surface area contributed by atoms with Gasteiger partial charge in [-0.25, -0.2) is 0 Å². The smallest absolute Gasteiger partial charge is 0.230 e. The Labute approximate surface area is 155 Å². The van der Waals surface area contributed by atoms with Crippen LogP contribution in [0.15, 0.2) is 54.6 Å². The number of nitrogens with one attached hydrogen (secondary N) is 2. The van der Waals surface area contributed by atoms with E-state index in [1.807, 2.05) is 61.6 Å². The molecule has 2 aromatic rings. The minimum Gasteiger partial charge on any atom is -0.373 e. The van der Waals surface area contributed by atoms with Crippen molar-refractivity contribution < 1.29 is 9.53 Å². The minimum atomic E-state index is -0.163. The van der Waals surface area contributed by atoms with Crippen LogP contribution >= 0.6 is 12.4 Å². The fourth-order valence-electron chi connectivity index (χ4n) is 3.17. The van der Waals surface area contributed by atoms with Crippen LogP contribution in [0.1, 0.15) is 30.1 Å². The van der Waals surface area contributed by atoms with E-state index in [4.69, 9.17) is 4.74 Å². The van der Waals surface area contributed by atoms with Crippen molar-refractivity contribution in [1.82, 2.24) is 5.32 Å². The van der Waals surface area contributed by atoms with Crippen LogP contribution < -0.4 is 10.6 Å². The number of carbonyl (C=O) groups is 1. The fourth-order valence-corrected chi connectivity index (χ4v) is 3.17. The summed E-state index contributed by atoms with van der Waals surface area (Å²) in [7, 11) is 1.92. The molecule has 1 aliphatic heterocycles. The molecule has 1 aliphatic rings. The van der Waals surface area contributed by atoms with Gasteiger partial charge in [0.1, 0.15) is 0 Å². The summed E-state index contributed by atoms with van der Waals surface area (Å²) in [5.41, 5.74) is 3.10. The summed E-state index contributed by atoms with van der Waals surface area (Å²) in [6.07, 6.45) is 1.61. The minimum absolute atomic E-state index is 0. The predicted octanol–water partition coefficient (Wildman–Crippen LogP) is 3.93. The van der Waals surface area contributed by atoms with Gasteiger partial charge in [-0.2, -0.15) is 0 Å². The molecule has 3 rings (SSSR count). The molecule has 4 nitrogen and oxygen atoms in total. The molecule has 2 unspecified atom stereocenters. The molecular weight excluding hydrogens is 336 g/mol. The number of ether oxygens (including phenoxy) is 1. The van der Waals surface area contributed by atoms with Gasteiger partial charge in [0.15, 0.2) is 0 Å². The van der Waals surface area contributed by atoms with E-state index < -0.39 is 0 Å². The Morgan fingerprint density at radius 1 is 1.12 bits per heavy atom. The summed E-state index contributed by atoms with van der Waals surface area (Å²) in [6.45, 7) is 1.53. The molecule has 0 spiro atoms. The fraction of sp³-hybridized carbons (Fsp3) is 0.350. The molecule has 2 atom stereocenters. The molecule has 1 heterocycles. The number of hydrogen-bond donors (Lipinski definition) is 2. The molecule has 0 aromatic heterocycles. The van der Waals surface area contributed by atoms with E-state index in [-0.39, 0.29) is 30.3 Å². The third kappa shape index (κ3) is 5.05. The first kappa shape index (κ1) is 19.4. The van der Waals surface area contributed by atoms with Crippen molar-refractivity contribution in [2.75, 3.05) is 19.0 Å². The summed E-state index contributed by atoms with van der Waals surface area (Å²) >= 11 is 0. The Bertz CT molecular complexity index is 661. The lowest BCUT2D eigenvalue weighted by molar-refractivity contribution is -0.129. The van der Waals surface area contributed by atoms with E-state index >= 15 is 0 Å². The first-order valence-electron chi connectivity index (χ1n) is 8.49. The third-order valence-electron chi connectivity index (χ3n) is 4.39. The SMILES string of the molecule is CNCc1ccc(NC(=O)C2CCCOC2c2ccccc2)cc1.Cl. The van der Waals surface area contributed by atoms with Gasteiger partial charge < -0.3 is 15.4 Å². The highest BCUT2D eigenvalue weighted by molar-refractivity contribution is 5.93. The van der Waals surface area contributed by atoms with Crippen LogP contribution in [0.2, 0.25) is 0 Å². The van der Waals surface area contributed by atoms with Gasteiger partial charge in [-0.05, 0) is 43.1 Å². The molecule has 25 heavy (non-hydrogen) atoms. The van der Waals surface area contributed by atoms with E-state index in [9.17, 15) is 4.79 Å². The highest BCUT2D eigenvalue weighted by Crippen LogP contribution is 2.34. The summed E-state index contributed by atoms with van der Waals surface area (Å²) in [5.74, 6) is -0.122. The second-order valence-electron chi connectivity index (χ2n) is 6.17. The standard InChI is InChI=1S/C20H24N2O2.ClH/c1-21-14-15-9-11-17(12-10-15)22-20(23)18-8-5-13-24-19(18)16-6-3-2-4-7-16;/h2-4,6-7,9-12,18-19,21H,5,8,13-14H2,1H3,(H,22,23);1H. The Hall–Kier alpha value is -1.88. The van der Waals surface area contributed by atoms with E-state index in [0.717, 1.165) is 30.6 Å². The lowest BCUT2D eigenvalue weighted by Crippen LogP contribution is -2.33. The molecule has 0 saturated carbocycles. The van der Waals surface area contributed by atoms with E-state index in [0.29, 0.717) is 6.61 Å². The van der Waals surface area contributed by atoms with E-state index in [1.54, 1.807) is 0 Å². The van der Waals surface area contributed by atoms with Crippen molar-refractivity contribution in [3.63, 3.8) is 0 Å². The first-order valence-corrected chi connectivity index (χ1v) is 8.49. The average molecular weight is 361 g/mol. The second kappa shape index (κ2) is 9.56. The lowest BCUT2D eigenvalue weighted by Gasteiger charge is -2.31. The number of benzene rings is 2. The zero-order valence-electron chi connectivity index (χ0n) is 14.4. The highest BCUT2D eigenvalue weighted by Gasteiger charge is 2.33. The van der Waals surface area contributed by atoms with Gasteiger partial charge in [0, 0.05) is 18.8 Å². The number of anilines is 1. The van der Waals surface area contributed by atoms with Crippen molar-refractivity contribution in [3.8, 4) is 0 Å². The number of rotatable bonds is 5. The highest BCUT2D eigenvalue weighted by atomic mass is 35.5. The van der Waals surface area contributed by atoms with Gasteiger partial charge in [0.25, 0.3) is 0 Å². The predicted molar refractivity (Wildman–Crippen MR) is 103 cm³/mol. The largest absolute Gasteiger partial charge is 0.373 e. The van der Waals surface area contributed by atoms with Crippen LogP contribution in [0.3, 0.4) is 0 Å². The molecule has 5 heteroatoms. The molecule has 0 aliphatic carbocycles. The molecule has 1 fully saturated rings. The molecule has 0 bridgehead atoms. The number of hydrogen-bond acceptors (Lipinski definition) is 3. The van der Waals surface area contributed by atoms with Crippen molar-refractivity contribution in [3.05, 3.63) is 65.7 Å². The molecule has 1 amide bonds. The van der Waals surface area contributed by atoms with E-state index in [2.05, 4.69) is 10.6 Å². The van der Waals surface area contributed by atoms with Crippen LogP contribution in [0.25, 0.3) is 0 Å². The van der Waals surface area contributed by atoms with Gasteiger partial charge in [-0.3, -0.25) is 4.79 Å². The zero-order valence-corrected chi connectivity index (χ0v) is 15.2. The maximum Gasteiger partial charge on any atom is 0.230 e. The Morgan fingerprint density at radius 2 is 1.84 bits per heavy atom. The maximum atomic E-state index is 12.8. The van der Waals surface area contributed by atoms with Gasteiger partial charge >= 0.3 is 0 Å². The summed E-state index contributed by atoms with van der Waals surface area (Å²) in [5, 5.41) is 6.16. The monoisotopic (exact) mass is 360 g/mol. The summed E-state index contributed by atoms with van der Waals surface area (Å²) in [6, 6.07) is 18.0. The number of amides is 1. The maximum absolute atomic E-state index is 12.8. The van der Waals surface area contributed by atoms with Gasteiger partial charge in [0.05, 0.1) is 12.0 Å². The Balaban J connectivity index is 0.00000225. The lowest BCUT2D eigenvalue weighted by atomic mass is 9.88. The molecular formula is C20H25ClN2O2. The second-order valence-corrected chi connectivity index (χ2v) is 6.17. The van der Waals surface area contributed by atoms with Crippen molar-refractivity contribution >= 4 is 24.0 Å². The first-order chi connectivity index (χ1) is 11.8. The summed E-state index contributed by atoms with van der Waals surface area (Å²) in [4.78, 5) is 12.8. The Morgan fingerprint density at radius 3 is 2.52 bits per heavy atom. The summed E-state index contributed by atoms with van der Waals surface area (Å²) < 4.78 is 5.92. The van der Waals surface area contributed by atoms with Crippen LogP contribution in [0, 0.1) is 5.92 Å². The van der Waals surface area contributed by atoms with Crippen LogP contribution in [0.4, 0.5) is 5.69 Å². The quantitative estimate of drug-likeness (QED) is 0.849. The topological polar surface area (TPSA) is 50.4 Å². The van der Waals surface area contributed by atoms with Crippen molar-refractivity contribution in [1.29, 1.82) is 0 Å². The molecule has 1 saturated heterocycles. The number of carbonyl (C=O) groups excluding carboxylic acids is 1.